The molecule has 0 unspecified atom stereocenters. The van der Waals surface area contributed by atoms with Gasteiger partial charge in [-0.1, -0.05) is 24.0 Å². The monoisotopic (exact) mass is 419 g/mol. The number of hydrogen-bond donors (Lipinski definition) is 1. The molecule has 1 amide bonds. The highest BCUT2D eigenvalue weighted by Crippen LogP contribution is 2.41. The zero-order valence-electron chi connectivity index (χ0n) is 16.4. The van der Waals surface area contributed by atoms with Crippen LogP contribution in [0.2, 0.25) is 0 Å². The lowest BCUT2D eigenvalue weighted by atomic mass is 10.0. The third kappa shape index (κ3) is 5.83. The van der Waals surface area contributed by atoms with Crippen molar-refractivity contribution in [3.63, 3.8) is 0 Å². The Morgan fingerprint density at radius 2 is 1.90 bits per heavy atom. The second kappa shape index (κ2) is 8.57. The number of ether oxygens (including phenoxy) is 3. The molecule has 0 aliphatic carbocycles. The first-order chi connectivity index (χ1) is 14.1. The van der Waals surface area contributed by atoms with Crippen LogP contribution in [0.25, 0.3) is 0 Å². The minimum absolute atomic E-state index is 0.0689. The van der Waals surface area contributed by atoms with E-state index in [4.69, 9.17) is 9.47 Å². The SMILES string of the molecule is CC1(C)Cc2cccc(OCC#CCNC(=O)c3ccc(OC(F)(F)F)cc3)c2O1. The summed E-state index contributed by atoms with van der Waals surface area (Å²) in [6, 6.07) is 10.3. The second-order valence-electron chi connectivity index (χ2n) is 7.18. The maximum absolute atomic E-state index is 12.1. The van der Waals surface area contributed by atoms with E-state index in [1.165, 1.54) is 12.1 Å². The van der Waals surface area contributed by atoms with Crippen LogP contribution in [0.5, 0.6) is 17.2 Å². The summed E-state index contributed by atoms with van der Waals surface area (Å²) in [6.45, 7) is 4.21. The van der Waals surface area contributed by atoms with Crippen LogP contribution < -0.4 is 19.5 Å². The van der Waals surface area contributed by atoms with Crippen LogP contribution in [0.15, 0.2) is 42.5 Å². The number of carbonyl (C=O) groups is 1. The molecule has 1 heterocycles. The molecule has 30 heavy (non-hydrogen) atoms. The van der Waals surface area contributed by atoms with E-state index in [9.17, 15) is 18.0 Å². The van der Waals surface area contributed by atoms with E-state index in [2.05, 4.69) is 21.9 Å². The Kier molecular flexibility index (Phi) is 6.11. The van der Waals surface area contributed by atoms with Gasteiger partial charge in [0.25, 0.3) is 5.91 Å². The molecule has 2 aromatic rings. The lowest BCUT2D eigenvalue weighted by Crippen LogP contribution is -2.24. The molecular formula is C22H20F3NO4. The molecule has 0 aromatic heterocycles. The number of rotatable bonds is 5. The van der Waals surface area contributed by atoms with Crippen molar-refractivity contribution in [3.05, 3.63) is 53.6 Å². The quantitative estimate of drug-likeness (QED) is 0.742. The fraction of sp³-hybridized carbons (Fsp3) is 0.318. The van der Waals surface area contributed by atoms with E-state index in [1.54, 1.807) is 0 Å². The van der Waals surface area contributed by atoms with Gasteiger partial charge in [-0.3, -0.25) is 4.79 Å². The Bertz CT molecular complexity index is 973. The smallest absolute Gasteiger partial charge is 0.483 e. The lowest BCUT2D eigenvalue weighted by Gasteiger charge is -2.17. The van der Waals surface area contributed by atoms with E-state index in [1.807, 2.05) is 32.0 Å². The first kappa shape index (κ1) is 21.4. The maximum Gasteiger partial charge on any atom is 0.573 e. The van der Waals surface area contributed by atoms with Crippen molar-refractivity contribution in [1.82, 2.24) is 5.32 Å². The van der Waals surface area contributed by atoms with Crippen LogP contribution >= 0.6 is 0 Å². The Hall–Kier alpha value is -3.34. The average Bonchev–Trinajstić information content (AvgIpc) is 2.98. The van der Waals surface area contributed by atoms with Crippen molar-refractivity contribution in [2.45, 2.75) is 32.2 Å². The summed E-state index contributed by atoms with van der Waals surface area (Å²) in [4.78, 5) is 12.0. The summed E-state index contributed by atoms with van der Waals surface area (Å²) in [5.74, 6) is 6.07. The molecule has 0 radical (unpaired) electrons. The number of amides is 1. The molecule has 0 bridgehead atoms. The van der Waals surface area contributed by atoms with Gasteiger partial charge in [-0.15, -0.1) is 13.2 Å². The fourth-order valence-corrected chi connectivity index (χ4v) is 2.96. The number of fused-ring (bicyclic) bond motifs is 1. The van der Waals surface area contributed by atoms with Gasteiger partial charge in [0, 0.05) is 17.5 Å². The molecule has 2 aromatic carbocycles. The van der Waals surface area contributed by atoms with Crippen molar-refractivity contribution in [2.75, 3.05) is 13.2 Å². The number of halogens is 3. The zero-order chi connectivity index (χ0) is 21.8. The molecule has 1 aliphatic heterocycles. The number of alkyl halides is 3. The van der Waals surface area contributed by atoms with Crippen molar-refractivity contribution >= 4 is 5.91 Å². The van der Waals surface area contributed by atoms with Crippen LogP contribution in [0.3, 0.4) is 0 Å². The van der Waals surface area contributed by atoms with Gasteiger partial charge in [-0.05, 0) is 44.2 Å². The number of para-hydroxylation sites is 1. The summed E-state index contributed by atoms with van der Waals surface area (Å²) in [7, 11) is 0. The highest BCUT2D eigenvalue weighted by Gasteiger charge is 2.32. The van der Waals surface area contributed by atoms with Crippen molar-refractivity contribution in [1.29, 1.82) is 0 Å². The summed E-state index contributed by atoms with van der Waals surface area (Å²) in [6.07, 6.45) is -3.97. The van der Waals surface area contributed by atoms with Crippen LogP contribution in [-0.2, 0) is 6.42 Å². The van der Waals surface area contributed by atoms with Gasteiger partial charge in [0.05, 0.1) is 6.54 Å². The Labute approximate surface area is 172 Å². The van der Waals surface area contributed by atoms with Crippen LogP contribution in [-0.4, -0.2) is 31.0 Å². The standard InChI is InChI=1S/C22H20F3NO4/c1-21(2)14-16-6-5-7-18(19(16)30-21)28-13-4-3-12-26-20(27)15-8-10-17(11-9-15)29-22(23,24)25/h5-11H,12-14H2,1-2H3,(H,26,27). The highest BCUT2D eigenvalue weighted by molar-refractivity contribution is 5.94. The zero-order valence-corrected chi connectivity index (χ0v) is 16.4. The predicted octanol–water partition coefficient (Wildman–Crippen LogP) is 4.11. The molecule has 0 spiro atoms. The van der Waals surface area contributed by atoms with Gasteiger partial charge in [0.15, 0.2) is 11.5 Å². The van der Waals surface area contributed by atoms with E-state index in [0.717, 1.165) is 29.9 Å². The van der Waals surface area contributed by atoms with Crippen LogP contribution in [0, 0.1) is 11.8 Å². The maximum atomic E-state index is 12.1. The Balaban J connectivity index is 1.45. The van der Waals surface area contributed by atoms with E-state index < -0.39 is 18.0 Å². The molecule has 8 heteroatoms. The van der Waals surface area contributed by atoms with Gasteiger partial charge in [-0.25, -0.2) is 0 Å². The molecule has 1 aliphatic rings. The highest BCUT2D eigenvalue weighted by atomic mass is 19.4. The lowest BCUT2D eigenvalue weighted by molar-refractivity contribution is -0.274. The summed E-state index contributed by atoms with van der Waals surface area (Å²) in [5, 5.41) is 2.56. The molecule has 3 rings (SSSR count). The summed E-state index contributed by atoms with van der Waals surface area (Å²) >= 11 is 0. The number of benzene rings is 2. The van der Waals surface area contributed by atoms with Crippen LogP contribution in [0.1, 0.15) is 29.8 Å². The number of nitrogens with one attached hydrogen (secondary N) is 1. The minimum Gasteiger partial charge on any atom is -0.483 e. The molecule has 5 nitrogen and oxygen atoms in total. The van der Waals surface area contributed by atoms with E-state index in [0.29, 0.717) is 5.75 Å². The Morgan fingerprint density at radius 3 is 2.60 bits per heavy atom. The third-order valence-corrected chi connectivity index (χ3v) is 4.17. The van der Waals surface area contributed by atoms with Crippen molar-refractivity contribution < 1.29 is 32.2 Å². The van der Waals surface area contributed by atoms with Crippen molar-refractivity contribution in [3.8, 4) is 29.1 Å². The first-order valence-corrected chi connectivity index (χ1v) is 9.16. The Morgan fingerprint density at radius 1 is 1.17 bits per heavy atom. The van der Waals surface area contributed by atoms with Crippen LogP contribution in [0.4, 0.5) is 13.2 Å². The molecular weight excluding hydrogens is 399 g/mol. The second-order valence-corrected chi connectivity index (χ2v) is 7.18. The van der Waals surface area contributed by atoms with Crippen molar-refractivity contribution in [2.24, 2.45) is 0 Å². The van der Waals surface area contributed by atoms with Gasteiger partial charge in [0.1, 0.15) is 18.0 Å². The third-order valence-electron chi connectivity index (χ3n) is 4.17. The van der Waals surface area contributed by atoms with Gasteiger partial charge < -0.3 is 19.5 Å². The molecule has 0 fully saturated rings. The largest absolute Gasteiger partial charge is 0.573 e. The minimum atomic E-state index is -4.77. The molecule has 0 atom stereocenters. The molecule has 158 valence electrons. The van der Waals surface area contributed by atoms with Gasteiger partial charge >= 0.3 is 6.36 Å². The van der Waals surface area contributed by atoms with Gasteiger partial charge in [0.2, 0.25) is 0 Å². The summed E-state index contributed by atoms with van der Waals surface area (Å²) in [5.41, 5.74) is 1.01. The number of carbonyl (C=O) groups excluding carboxylic acids is 1. The molecule has 0 saturated carbocycles. The normalized spacial score (nSPS) is 14.0. The number of hydrogen-bond acceptors (Lipinski definition) is 4. The van der Waals surface area contributed by atoms with Gasteiger partial charge in [-0.2, -0.15) is 0 Å². The molecule has 1 N–H and O–H groups in total. The first-order valence-electron chi connectivity index (χ1n) is 9.16. The average molecular weight is 419 g/mol. The molecule has 0 saturated heterocycles. The van der Waals surface area contributed by atoms with E-state index in [-0.39, 0.29) is 24.3 Å². The fourth-order valence-electron chi connectivity index (χ4n) is 2.96. The predicted molar refractivity (Wildman–Crippen MR) is 104 cm³/mol. The summed E-state index contributed by atoms with van der Waals surface area (Å²) < 4.78 is 51.8. The van der Waals surface area contributed by atoms with E-state index >= 15 is 0 Å². The topological polar surface area (TPSA) is 56.8 Å².